The zero-order valence-corrected chi connectivity index (χ0v) is 10.0. The SMILES string of the molecule is Cc1nc(-c2cc(Cl)cc(Cl)c2)c(N)n1N. The van der Waals surface area contributed by atoms with E-state index in [1.54, 1.807) is 25.1 Å². The number of aryl methyl sites for hydroxylation is 1. The van der Waals surface area contributed by atoms with Gasteiger partial charge in [-0.2, -0.15) is 0 Å². The maximum Gasteiger partial charge on any atom is 0.150 e. The molecule has 2 rings (SSSR count). The summed E-state index contributed by atoms with van der Waals surface area (Å²) in [6.45, 7) is 1.77. The van der Waals surface area contributed by atoms with Gasteiger partial charge in [-0.1, -0.05) is 23.2 Å². The minimum Gasteiger partial charge on any atom is -0.382 e. The van der Waals surface area contributed by atoms with Crippen LogP contribution in [0.5, 0.6) is 0 Å². The van der Waals surface area contributed by atoms with Crippen LogP contribution in [0.3, 0.4) is 0 Å². The van der Waals surface area contributed by atoms with E-state index in [4.69, 9.17) is 34.8 Å². The molecular formula is C10H10Cl2N4. The minimum absolute atomic E-state index is 0.385. The van der Waals surface area contributed by atoms with Crippen LogP contribution in [0.25, 0.3) is 11.3 Å². The first kappa shape index (κ1) is 11.1. The van der Waals surface area contributed by atoms with E-state index in [-0.39, 0.29) is 0 Å². The van der Waals surface area contributed by atoms with Crippen molar-refractivity contribution in [2.75, 3.05) is 11.6 Å². The highest BCUT2D eigenvalue weighted by molar-refractivity contribution is 6.35. The second kappa shape index (κ2) is 3.88. The van der Waals surface area contributed by atoms with Gasteiger partial charge in [-0.3, -0.25) is 0 Å². The van der Waals surface area contributed by atoms with Crippen LogP contribution in [-0.2, 0) is 0 Å². The van der Waals surface area contributed by atoms with Crippen molar-refractivity contribution in [1.82, 2.24) is 9.66 Å². The molecule has 6 heteroatoms. The fraction of sp³-hybridized carbons (Fsp3) is 0.100. The molecule has 0 unspecified atom stereocenters. The molecule has 4 nitrogen and oxygen atoms in total. The smallest absolute Gasteiger partial charge is 0.150 e. The van der Waals surface area contributed by atoms with Crippen LogP contribution in [0.1, 0.15) is 5.82 Å². The minimum atomic E-state index is 0.385. The van der Waals surface area contributed by atoms with E-state index in [0.29, 0.717) is 27.4 Å². The van der Waals surface area contributed by atoms with Gasteiger partial charge in [0.25, 0.3) is 0 Å². The van der Waals surface area contributed by atoms with Crippen LogP contribution in [0, 0.1) is 6.92 Å². The fourth-order valence-corrected chi connectivity index (χ4v) is 1.99. The molecule has 0 saturated heterocycles. The molecular weight excluding hydrogens is 247 g/mol. The highest BCUT2D eigenvalue weighted by Crippen LogP contribution is 2.29. The van der Waals surface area contributed by atoms with E-state index in [0.717, 1.165) is 5.56 Å². The summed E-state index contributed by atoms with van der Waals surface area (Å²) < 4.78 is 1.32. The number of anilines is 1. The van der Waals surface area contributed by atoms with Gasteiger partial charge in [-0.25, -0.2) is 9.66 Å². The molecule has 0 aliphatic heterocycles. The van der Waals surface area contributed by atoms with E-state index in [1.165, 1.54) is 4.68 Å². The molecule has 0 fully saturated rings. The van der Waals surface area contributed by atoms with E-state index >= 15 is 0 Å². The number of aromatic nitrogens is 2. The molecule has 84 valence electrons. The molecule has 2 aromatic rings. The van der Waals surface area contributed by atoms with Crippen molar-refractivity contribution < 1.29 is 0 Å². The largest absolute Gasteiger partial charge is 0.382 e. The summed E-state index contributed by atoms with van der Waals surface area (Å²) in [5.41, 5.74) is 7.16. The number of nitrogen functional groups attached to an aromatic ring is 2. The summed E-state index contributed by atoms with van der Waals surface area (Å²) in [6.07, 6.45) is 0. The zero-order chi connectivity index (χ0) is 11.9. The predicted octanol–water partition coefficient (Wildman–Crippen LogP) is 2.46. The number of imidazole rings is 1. The van der Waals surface area contributed by atoms with Gasteiger partial charge in [0.1, 0.15) is 11.5 Å². The Kier molecular flexibility index (Phi) is 2.69. The van der Waals surface area contributed by atoms with Crippen LogP contribution in [-0.4, -0.2) is 9.66 Å². The molecule has 1 heterocycles. The monoisotopic (exact) mass is 256 g/mol. The Morgan fingerprint density at radius 2 is 1.75 bits per heavy atom. The molecule has 4 N–H and O–H groups in total. The lowest BCUT2D eigenvalue weighted by Gasteiger charge is -2.02. The zero-order valence-electron chi connectivity index (χ0n) is 8.54. The van der Waals surface area contributed by atoms with Crippen LogP contribution in [0.4, 0.5) is 5.82 Å². The molecule has 0 aliphatic carbocycles. The highest BCUT2D eigenvalue weighted by atomic mass is 35.5. The van der Waals surface area contributed by atoms with Gasteiger partial charge in [-0.05, 0) is 25.1 Å². The highest BCUT2D eigenvalue weighted by Gasteiger charge is 2.12. The lowest BCUT2D eigenvalue weighted by molar-refractivity contribution is 0.937. The fourth-order valence-electron chi connectivity index (χ4n) is 1.46. The number of benzene rings is 1. The molecule has 0 bridgehead atoms. The third-order valence-corrected chi connectivity index (χ3v) is 2.70. The van der Waals surface area contributed by atoms with Gasteiger partial charge in [0, 0.05) is 15.6 Å². The maximum atomic E-state index is 5.91. The van der Waals surface area contributed by atoms with Gasteiger partial charge < -0.3 is 11.6 Å². The van der Waals surface area contributed by atoms with Crippen molar-refractivity contribution in [2.45, 2.75) is 6.92 Å². The third-order valence-electron chi connectivity index (χ3n) is 2.26. The Morgan fingerprint density at radius 1 is 1.19 bits per heavy atom. The first-order valence-electron chi connectivity index (χ1n) is 4.55. The first-order valence-corrected chi connectivity index (χ1v) is 5.31. The molecule has 0 radical (unpaired) electrons. The number of rotatable bonds is 1. The molecule has 0 atom stereocenters. The number of halogens is 2. The van der Waals surface area contributed by atoms with E-state index < -0.39 is 0 Å². The Labute approximate surface area is 103 Å². The first-order chi connectivity index (χ1) is 7.49. The number of nitrogens with two attached hydrogens (primary N) is 2. The maximum absolute atomic E-state index is 5.91. The third kappa shape index (κ3) is 1.81. The normalized spacial score (nSPS) is 10.7. The molecule has 0 aliphatic rings. The lowest BCUT2D eigenvalue weighted by atomic mass is 10.1. The Morgan fingerprint density at radius 3 is 2.19 bits per heavy atom. The second-order valence-corrected chi connectivity index (χ2v) is 4.29. The molecule has 0 spiro atoms. The summed E-state index contributed by atoms with van der Waals surface area (Å²) in [6, 6.07) is 5.13. The van der Waals surface area contributed by atoms with Gasteiger partial charge in [0.15, 0.2) is 5.82 Å². The molecule has 0 saturated carbocycles. The Bertz CT molecular complexity index is 528. The van der Waals surface area contributed by atoms with Crippen LogP contribution in [0.2, 0.25) is 10.0 Å². The van der Waals surface area contributed by atoms with Gasteiger partial charge in [-0.15, -0.1) is 0 Å². The Balaban J connectivity index is 2.62. The van der Waals surface area contributed by atoms with Crippen LogP contribution < -0.4 is 11.6 Å². The van der Waals surface area contributed by atoms with Crippen molar-refractivity contribution in [2.24, 2.45) is 0 Å². The number of hydrogen-bond acceptors (Lipinski definition) is 3. The van der Waals surface area contributed by atoms with Crippen molar-refractivity contribution >= 4 is 29.0 Å². The molecule has 16 heavy (non-hydrogen) atoms. The van der Waals surface area contributed by atoms with Gasteiger partial charge >= 0.3 is 0 Å². The van der Waals surface area contributed by atoms with Crippen molar-refractivity contribution in [3.63, 3.8) is 0 Å². The van der Waals surface area contributed by atoms with Crippen LogP contribution >= 0.6 is 23.2 Å². The standard InChI is InChI=1S/C10H10Cl2N4/c1-5-15-9(10(13)16(5)14)6-2-7(11)4-8(12)3-6/h2-4H,13-14H2,1H3. The van der Waals surface area contributed by atoms with Gasteiger partial charge in [0.2, 0.25) is 0 Å². The number of hydrogen-bond donors (Lipinski definition) is 2. The Hall–Kier alpha value is -1.39. The number of nitrogens with zero attached hydrogens (tertiary/aromatic N) is 2. The summed E-state index contributed by atoms with van der Waals surface area (Å²) >= 11 is 11.8. The van der Waals surface area contributed by atoms with E-state index in [2.05, 4.69) is 4.98 Å². The lowest BCUT2D eigenvalue weighted by Crippen LogP contribution is -2.13. The summed E-state index contributed by atoms with van der Waals surface area (Å²) in [4.78, 5) is 4.26. The average molecular weight is 257 g/mol. The van der Waals surface area contributed by atoms with Crippen molar-refractivity contribution in [3.8, 4) is 11.3 Å². The topological polar surface area (TPSA) is 69.9 Å². The molecule has 0 amide bonds. The van der Waals surface area contributed by atoms with E-state index in [1.807, 2.05) is 0 Å². The van der Waals surface area contributed by atoms with Crippen molar-refractivity contribution in [3.05, 3.63) is 34.1 Å². The van der Waals surface area contributed by atoms with Crippen molar-refractivity contribution in [1.29, 1.82) is 0 Å². The molecule has 1 aromatic carbocycles. The van der Waals surface area contributed by atoms with Crippen LogP contribution in [0.15, 0.2) is 18.2 Å². The summed E-state index contributed by atoms with van der Waals surface area (Å²) in [5, 5.41) is 1.07. The average Bonchev–Trinajstić information content (AvgIpc) is 2.44. The predicted molar refractivity (Wildman–Crippen MR) is 67.0 cm³/mol. The van der Waals surface area contributed by atoms with Gasteiger partial charge in [0.05, 0.1) is 0 Å². The second-order valence-electron chi connectivity index (χ2n) is 3.42. The molecule has 1 aromatic heterocycles. The quantitative estimate of drug-likeness (QED) is 0.771. The summed E-state index contributed by atoms with van der Waals surface area (Å²) in [5.74, 6) is 6.69. The van der Waals surface area contributed by atoms with E-state index in [9.17, 15) is 0 Å². The summed E-state index contributed by atoms with van der Waals surface area (Å²) in [7, 11) is 0.